The minimum atomic E-state index is -4.11. The fourth-order valence-corrected chi connectivity index (χ4v) is 7.98. The number of ether oxygens (including phenoxy) is 1. The first-order valence-corrected chi connectivity index (χ1v) is 18.1. The van der Waals surface area contributed by atoms with Crippen molar-refractivity contribution >= 4 is 39.5 Å². The Morgan fingerprint density at radius 2 is 1.60 bits per heavy atom. The van der Waals surface area contributed by atoms with E-state index in [4.69, 9.17) is 9.57 Å². The minimum absolute atomic E-state index is 0.0496. The van der Waals surface area contributed by atoms with Crippen molar-refractivity contribution in [1.29, 1.82) is 0 Å². The number of hydrogen-bond donors (Lipinski definition) is 3. The number of sulfonamides is 1. The molecule has 13 nitrogen and oxygen atoms in total. The van der Waals surface area contributed by atoms with Crippen molar-refractivity contribution < 1.29 is 46.0 Å². The number of benzene rings is 2. The molecule has 0 aromatic heterocycles. The number of carbonyl (C=O) groups excluding carboxylic acids is 4. The van der Waals surface area contributed by atoms with E-state index in [0.29, 0.717) is 18.6 Å². The molecule has 1 aliphatic heterocycles. The van der Waals surface area contributed by atoms with E-state index in [2.05, 4.69) is 15.8 Å². The molecular weight excluding hydrogens is 676 g/mol. The highest BCUT2D eigenvalue weighted by Crippen LogP contribution is 2.48. The maximum absolute atomic E-state index is 14.0. The van der Waals surface area contributed by atoms with Crippen LogP contribution < -0.4 is 15.4 Å². The van der Waals surface area contributed by atoms with Crippen molar-refractivity contribution in [1.82, 2.24) is 20.3 Å². The van der Waals surface area contributed by atoms with Gasteiger partial charge in [-0.1, -0.05) is 67.5 Å². The first kappa shape index (κ1) is 35.2. The average Bonchev–Trinajstić information content (AvgIpc) is 3.99. The number of carbonyl (C=O) groups is 4. The van der Waals surface area contributed by atoms with Crippen molar-refractivity contribution in [2.45, 2.75) is 81.9 Å². The van der Waals surface area contributed by atoms with Crippen LogP contribution in [0.4, 0.5) is 13.6 Å². The van der Waals surface area contributed by atoms with Crippen molar-refractivity contribution in [2.24, 2.45) is 17.0 Å². The van der Waals surface area contributed by atoms with Crippen LogP contribution in [0.15, 0.2) is 53.7 Å². The summed E-state index contributed by atoms with van der Waals surface area (Å²) < 4.78 is 59.9. The standard InChI is InChI=1S/C34H39F2N5O8S/c1-4-48-33(45)37-27(18(2)3)31(43)41-17-19(49-39-28-23-11-7-5-9-21(23)22-10-6-8-12-24(22)28)15-26(41)30(42)38-34(16-25(34)29(35)36)32(44)40-50(46,47)20-13-14-20/h5-12,18-20,25-27,29H,4,13-17H2,1-3H3,(H,37,45)(H,38,42)(H,40,44)/t19-,25+,26?,27+,34+/m1/s1. The summed E-state index contributed by atoms with van der Waals surface area (Å²) in [5, 5.41) is 8.58. The van der Waals surface area contributed by atoms with E-state index in [-0.39, 0.29) is 19.6 Å². The predicted molar refractivity (Wildman–Crippen MR) is 176 cm³/mol. The van der Waals surface area contributed by atoms with Crippen molar-refractivity contribution in [3.8, 4) is 11.1 Å². The molecule has 2 aromatic carbocycles. The Kier molecular flexibility index (Phi) is 9.59. The first-order chi connectivity index (χ1) is 23.8. The summed E-state index contributed by atoms with van der Waals surface area (Å²) in [7, 11) is -4.11. The number of hydrogen-bond acceptors (Lipinski definition) is 9. The van der Waals surface area contributed by atoms with Gasteiger partial charge in [0.15, 0.2) is 0 Å². The topological polar surface area (TPSA) is 173 Å². The number of nitrogens with zero attached hydrogens (tertiary/aromatic N) is 2. The van der Waals surface area contributed by atoms with Gasteiger partial charge in [0.25, 0.3) is 5.91 Å². The molecule has 3 aliphatic carbocycles. The molecular formula is C34H39F2N5O8S. The number of rotatable bonds is 12. The van der Waals surface area contributed by atoms with E-state index in [1.54, 1.807) is 20.8 Å². The minimum Gasteiger partial charge on any atom is -0.450 e. The van der Waals surface area contributed by atoms with Crippen LogP contribution in [-0.4, -0.2) is 91.4 Å². The quantitative estimate of drug-likeness (QED) is 0.240. The van der Waals surface area contributed by atoms with Crippen LogP contribution in [0.2, 0.25) is 0 Å². The molecule has 3 N–H and O–H groups in total. The lowest BCUT2D eigenvalue weighted by molar-refractivity contribution is -0.142. The van der Waals surface area contributed by atoms with E-state index in [0.717, 1.165) is 22.3 Å². The normalized spacial score (nSPS) is 24.3. The monoisotopic (exact) mass is 715 g/mol. The summed E-state index contributed by atoms with van der Waals surface area (Å²) in [5.41, 5.74) is 1.93. The molecule has 0 radical (unpaired) electrons. The van der Waals surface area contributed by atoms with Gasteiger partial charge in [0.05, 0.1) is 24.3 Å². The summed E-state index contributed by atoms with van der Waals surface area (Å²) in [4.78, 5) is 60.8. The summed E-state index contributed by atoms with van der Waals surface area (Å²) in [5.74, 6) is -4.96. The van der Waals surface area contributed by atoms with Gasteiger partial charge in [-0.3, -0.25) is 19.1 Å². The second-order valence-electron chi connectivity index (χ2n) is 13.4. The van der Waals surface area contributed by atoms with Gasteiger partial charge in [0, 0.05) is 17.5 Å². The van der Waals surface area contributed by atoms with Gasteiger partial charge in [0.1, 0.15) is 29.4 Å². The SMILES string of the molecule is CCOC(=O)N[C@H](C(=O)N1C[C@H](ON=C2c3ccccc3-c3ccccc32)CC1C(=O)N[C@@]1(C(=O)NS(=O)(=O)C2CC2)C[C@H]1C(F)F)C(C)C. The zero-order valence-corrected chi connectivity index (χ0v) is 28.5. The van der Waals surface area contributed by atoms with Crippen LogP contribution in [-0.2, 0) is 34.0 Å². The molecule has 1 saturated heterocycles. The summed E-state index contributed by atoms with van der Waals surface area (Å²) >= 11 is 0. The fraction of sp³-hybridized carbons (Fsp3) is 0.500. The van der Waals surface area contributed by atoms with Gasteiger partial charge in [-0.15, -0.1) is 0 Å². The summed E-state index contributed by atoms with van der Waals surface area (Å²) in [6.07, 6.45) is -4.70. The number of halogens is 2. The van der Waals surface area contributed by atoms with Crippen molar-refractivity contribution in [3.05, 3.63) is 59.7 Å². The molecule has 16 heteroatoms. The first-order valence-electron chi connectivity index (χ1n) is 16.6. The third-order valence-electron chi connectivity index (χ3n) is 9.55. The second-order valence-corrected chi connectivity index (χ2v) is 15.3. The van der Waals surface area contributed by atoms with E-state index in [9.17, 15) is 36.4 Å². The van der Waals surface area contributed by atoms with Crippen molar-refractivity contribution in [3.63, 3.8) is 0 Å². The van der Waals surface area contributed by atoms with Crippen LogP contribution in [0.3, 0.4) is 0 Å². The van der Waals surface area contributed by atoms with Crippen molar-refractivity contribution in [2.75, 3.05) is 13.2 Å². The molecule has 4 aliphatic rings. The number of fused-ring (bicyclic) bond motifs is 3. The average molecular weight is 716 g/mol. The van der Waals surface area contributed by atoms with Crippen LogP contribution in [0.5, 0.6) is 0 Å². The van der Waals surface area contributed by atoms with Crippen LogP contribution >= 0.6 is 0 Å². The molecule has 1 unspecified atom stereocenters. The van der Waals surface area contributed by atoms with E-state index in [1.807, 2.05) is 53.3 Å². The summed E-state index contributed by atoms with van der Waals surface area (Å²) in [6.45, 7) is 4.85. The number of nitrogens with one attached hydrogen (secondary N) is 3. The number of oxime groups is 1. The zero-order valence-electron chi connectivity index (χ0n) is 27.7. The number of alkyl carbamates (subject to hydrolysis) is 1. The molecule has 50 heavy (non-hydrogen) atoms. The molecule has 0 spiro atoms. The van der Waals surface area contributed by atoms with E-state index < -0.39 is 87.5 Å². The maximum Gasteiger partial charge on any atom is 0.407 e. The van der Waals surface area contributed by atoms with Gasteiger partial charge in [0.2, 0.25) is 28.3 Å². The van der Waals surface area contributed by atoms with Crippen LogP contribution in [0.25, 0.3) is 11.1 Å². The summed E-state index contributed by atoms with van der Waals surface area (Å²) in [6, 6.07) is 12.8. The zero-order chi connectivity index (χ0) is 36.0. The van der Waals surface area contributed by atoms with Gasteiger partial charge in [-0.05, 0) is 43.2 Å². The Morgan fingerprint density at radius 3 is 2.12 bits per heavy atom. The number of amides is 4. The second kappa shape index (κ2) is 13.6. The Morgan fingerprint density at radius 1 is 1.00 bits per heavy atom. The van der Waals surface area contributed by atoms with E-state index >= 15 is 0 Å². The molecule has 268 valence electrons. The van der Waals surface area contributed by atoms with Crippen LogP contribution in [0.1, 0.15) is 57.6 Å². The smallest absolute Gasteiger partial charge is 0.407 e. The molecule has 5 atom stereocenters. The fourth-order valence-electron chi connectivity index (χ4n) is 6.62. The van der Waals surface area contributed by atoms with Gasteiger partial charge in [-0.2, -0.15) is 0 Å². The largest absolute Gasteiger partial charge is 0.450 e. The molecule has 4 amide bonds. The number of likely N-dealkylation sites (tertiary alicyclic amines) is 1. The Balaban J connectivity index is 1.28. The van der Waals surface area contributed by atoms with Gasteiger partial charge < -0.3 is 25.1 Å². The van der Waals surface area contributed by atoms with Gasteiger partial charge in [-0.25, -0.2) is 22.0 Å². The molecule has 0 bridgehead atoms. The molecule has 1 heterocycles. The lowest BCUT2D eigenvalue weighted by atomic mass is 10.0. The molecule has 3 fully saturated rings. The Bertz CT molecular complexity index is 1790. The Labute approximate surface area is 288 Å². The third-order valence-corrected chi connectivity index (χ3v) is 11.4. The lowest BCUT2D eigenvalue weighted by Gasteiger charge is -2.31. The van der Waals surface area contributed by atoms with Crippen LogP contribution in [0, 0.1) is 11.8 Å². The highest BCUT2D eigenvalue weighted by atomic mass is 32.2. The molecule has 2 aromatic rings. The van der Waals surface area contributed by atoms with Gasteiger partial charge >= 0.3 is 6.09 Å². The maximum atomic E-state index is 14.0. The highest BCUT2D eigenvalue weighted by molar-refractivity contribution is 7.91. The Hall–Kier alpha value is -4.60. The third kappa shape index (κ3) is 6.76. The highest BCUT2D eigenvalue weighted by Gasteiger charge is 2.66. The number of alkyl halides is 2. The predicted octanol–water partition coefficient (Wildman–Crippen LogP) is 2.92. The molecule has 6 rings (SSSR count). The van der Waals surface area contributed by atoms with E-state index in [1.165, 1.54) is 4.90 Å². The lowest BCUT2D eigenvalue weighted by Crippen LogP contribution is -2.59. The molecule has 2 saturated carbocycles.